The number of nitrogens with one attached hydrogen (secondary N) is 1. The lowest BCUT2D eigenvalue weighted by atomic mass is 10.0. The second-order valence-corrected chi connectivity index (χ2v) is 3.27. The minimum atomic E-state index is 0.448. The number of aryl methyl sites for hydroxylation is 1. The normalized spacial score (nSPS) is 13.2. The highest BCUT2D eigenvalue weighted by atomic mass is 15.3. The summed E-state index contributed by atoms with van der Waals surface area (Å²) in [6.45, 7) is 4.36. The first kappa shape index (κ1) is 10.3. The fourth-order valence-corrected chi connectivity index (χ4v) is 1.78. The summed E-state index contributed by atoms with van der Waals surface area (Å²) in [5, 5.41) is 7.58. The second-order valence-electron chi connectivity index (χ2n) is 3.27. The Balaban J connectivity index is 2.98. The lowest BCUT2D eigenvalue weighted by molar-refractivity contribution is 0.569. The van der Waals surface area contributed by atoms with Gasteiger partial charge in [-0.3, -0.25) is 4.68 Å². The minimum absolute atomic E-state index is 0.448. The molecule has 1 aromatic rings. The van der Waals surface area contributed by atoms with E-state index in [9.17, 15) is 0 Å². The first-order valence-electron chi connectivity index (χ1n) is 4.92. The van der Waals surface area contributed by atoms with Crippen LogP contribution in [0.5, 0.6) is 0 Å². The van der Waals surface area contributed by atoms with Crippen LogP contribution in [-0.2, 0) is 13.5 Å². The van der Waals surface area contributed by atoms with Crippen molar-refractivity contribution in [3.8, 4) is 0 Å². The van der Waals surface area contributed by atoms with Gasteiger partial charge in [0.05, 0.1) is 6.20 Å². The van der Waals surface area contributed by atoms with E-state index in [0.29, 0.717) is 6.04 Å². The van der Waals surface area contributed by atoms with E-state index in [0.717, 1.165) is 12.8 Å². The quantitative estimate of drug-likeness (QED) is 0.765. The molecule has 1 aromatic heterocycles. The van der Waals surface area contributed by atoms with E-state index >= 15 is 0 Å². The van der Waals surface area contributed by atoms with Gasteiger partial charge in [0.1, 0.15) is 0 Å². The zero-order chi connectivity index (χ0) is 9.84. The van der Waals surface area contributed by atoms with E-state index in [1.807, 2.05) is 25.0 Å². The Morgan fingerprint density at radius 2 is 2.23 bits per heavy atom. The third kappa shape index (κ3) is 1.91. The molecule has 1 atom stereocenters. The molecule has 3 heteroatoms. The lowest BCUT2D eigenvalue weighted by Crippen LogP contribution is -2.16. The molecule has 1 unspecified atom stereocenters. The van der Waals surface area contributed by atoms with Crippen LogP contribution in [0.1, 0.15) is 37.6 Å². The SMILES string of the molecule is CCc1c(C(CC)NC)cnn1C. The van der Waals surface area contributed by atoms with Gasteiger partial charge in [-0.1, -0.05) is 13.8 Å². The molecular formula is C10H19N3. The zero-order valence-electron chi connectivity index (χ0n) is 8.96. The van der Waals surface area contributed by atoms with Gasteiger partial charge in [0, 0.05) is 24.3 Å². The fraction of sp³-hybridized carbons (Fsp3) is 0.700. The van der Waals surface area contributed by atoms with Crippen LogP contribution in [0.25, 0.3) is 0 Å². The maximum Gasteiger partial charge on any atom is 0.0540 e. The van der Waals surface area contributed by atoms with Crippen LogP contribution in [0, 0.1) is 0 Å². The summed E-state index contributed by atoms with van der Waals surface area (Å²) >= 11 is 0. The molecule has 0 aromatic carbocycles. The Bertz CT molecular complexity index is 261. The Labute approximate surface area is 80.1 Å². The van der Waals surface area contributed by atoms with Gasteiger partial charge in [-0.15, -0.1) is 0 Å². The van der Waals surface area contributed by atoms with Gasteiger partial charge in [0.25, 0.3) is 0 Å². The molecule has 0 aliphatic rings. The van der Waals surface area contributed by atoms with E-state index in [-0.39, 0.29) is 0 Å². The van der Waals surface area contributed by atoms with Crippen molar-refractivity contribution in [1.29, 1.82) is 0 Å². The summed E-state index contributed by atoms with van der Waals surface area (Å²) in [6.07, 6.45) is 4.13. The largest absolute Gasteiger partial charge is 0.313 e. The molecule has 74 valence electrons. The Hall–Kier alpha value is -0.830. The Morgan fingerprint density at radius 1 is 1.54 bits per heavy atom. The molecule has 13 heavy (non-hydrogen) atoms. The van der Waals surface area contributed by atoms with Crippen molar-refractivity contribution in [1.82, 2.24) is 15.1 Å². The first-order valence-corrected chi connectivity index (χ1v) is 4.92. The van der Waals surface area contributed by atoms with Crippen molar-refractivity contribution in [2.24, 2.45) is 7.05 Å². The minimum Gasteiger partial charge on any atom is -0.313 e. The Kier molecular flexibility index (Phi) is 3.48. The monoisotopic (exact) mass is 181 g/mol. The molecular weight excluding hydrogens is 162 g/mol. The predicted octanol–water partition coefficient (Wildman–Crippen LogP) is 1.65. The molecule has 0 aliphatic carbocycles. The van der Waals surface area contributed by atoms with Crippen molar-refractivity contribution >= 4 is 0 Å². The van der Waals surface area contributed by atoms with Gasteiger partial charge < -0.3 is 5.32 Å². The van der Waals surface area contributed by atoms with E-state index < -0.39 is 0 Å². The lowest BCUT2D eigenvalue weighted by Gasteiger charge is -2.14. The molecule has 0 fully saturated rings. The molecule has 0 bridgehead atoms. The second kappa shape index (κ2) is 4.42. The van der Waals surface area contributed by atoms with Crippen LogP contribution < -0.4 is 5.32 Å². The van der Waals surface area contributed by atoms with Crippen LogP contribution in [0.3, 0.4) is 0 Å². The molecule has 0 spiro atoms. The maximum absolute atomic E-state index is 4.28. The van der Waals surface area contributed by atoms with Gasteiger partial charge in [-0.2, -0.15) is 5.10 Å². The highest BCUT2D eigenvalue weighted by Crippen LogP contribution is 2.20. The van der Waals surface area contributed by atoms with Crippen LogP contribution in [-0.4, -0.2) is 16.8 Å². The van der Waals surface area contributed by atoms with Crippen molar-refractivity contribution in [2.75, 3.05) is 7.05 Å². The zero-order valence-corrected chi connectivity index (χ0v) is 8.96. The van der Waals surface area contributed by atoms with Crippen molar-refractivity contribution in [3.63, 3.8) is 0 Å². The van der Waals surface area contributed by atoms with E-state index in [1.165, 1.54) is 11.3 Å². The molecule has 0 amide bonds. The van der Waals surface area contributed by atoms with Crippen LogP contribution >= 0.6 is 0 Å². The highest BCUT2D eigenvalue weighted by Gasteiger charge is 2.13. The van der Waals surface area contributed by atoms with E-state index in [2.05, 4.69) is 24.3 Å². The van der Waals surface area contributed by atoms with Gasteiger partial charge in [0.15, 0.2) is 0 Å². The summed E-state index contributed by atoms with van der Waals surface area (Å²) in [4.78, 5) is 0. The van der Waals surface area contributed by atoms with E-state index in [1.54, 1.807) is 0 Å². The number of hydrogen-bond donors (Lipinski definition) is 1. The van der Waals surface area contributed by atoms with Gasteiger partial charge in [-0.25, -0.2) is 0 Å². The number of hydrogen-bond acceptors (Lipinski definition) is 2. The predicted molar refractivity (Wildman–Crippen MR) is 54.7 cm³/mol. The molecule has 0 aliphatic heterocycles. The van der Waals surface area contributed by atoms with Crippen molar-refractivity contribution in [2.45, 2.75) is 32.7 Å². The maximum atomic E-state index is 4.28. The fourth-order valence-electron chi connectivity index (χ4n) is 1.78. The highest BCUT2D eigenvalue weighted by molar-refractivity contribution is 5.21. The smallest absolute Gasteiger partial charge is 0.0540 e. The van der Waals surface area contributed by atoms with Crippen molar-refractivity contribution < 1.29 is 0 Å². The molecule has 0 saturated heterocycles. The number of rotatable bonds is 4. The molecule has 0 saturated carbocycles. The van der Waals surface area contributed by atoms with Gasteiger partial charge in [-0.05, 0) is 19.9 Å². The third-order valence-corrected chi connectivity index (χ3v) is 2.56. The molecule has 1 N–H and O–H groups in total. The Morgan fingerprint density at radius 3 is 2.69 bits per heavy atom. The van der Waals surface area contributed by atoms with Gasteiger partial charge in [0.2, 0.25) is 0 Å². The molecule has 1 heterocycles. The number of aromatic nitrogens is 2. The number of nitrogens with zero attached hydrogens (tertiary/aromatic N) is 2. The average Bonchev–Trinajstić information content (AvgIpc) is 2.50. The van der Waals surface area contributed by atoms with E-state index in [4.69, 9.17) is 0 Å². The summed E-state index contributed by atoms with van der Waals surface area (Å²) < 4.78 is 1.97. The third-order valence-electron chi connectivity index (χ3n) is 2.56. The standard InChI is InChI=1S/C10H19N3/c1-5-9(11-3)8-7-12-13(4)10(8)6-2/h7,9,11H,5-6H2,1-4H3. The van der Waals surface area contributed by atoms with Crippen LogP contribution in [0.4, 0.5) is 0 Å². The topological polar surface area (TPSA) is 29.9 Å². The average molecular weight is 181 g/mol. The molecule has 0 radical (unpaired) electrons. The van der Waals surface area contributed by atoms with Crippen LogP contribution in [0.2, 0.25) is 0 Å². The summed E-state index contributed by atoms with van der Waals surface area (Å²) in [5.41, 5.74) is 2.68. The molecule has 1 rings (SSSR count). The van der Waals surface area contributed by atoms with Crippen LogP contribution in [0.15, 0.2) is 6.20 Å². The van der Waals surface area contributed by atoms with Gasteiger partial charge >= 0.3 is 0 Å². The molecule has 3 nitrogen and oxygen atoms in total. The summed E-state index contributed by atoms with van der Waals surface area (Å²) in [7, 11) is 4.01. The first-order chi connectivity index (χ1) is 6.24. The summed E-state index contributed by atoms with van der Waals surface area (Å²) in [5.74, 6) is 0. The summed E-state index contributed by atoms with van der Waals surface area (Å²) in [6, 6.07) is 0.448. The van der Waals surface area contributed by atoms with Crippen molar-refractivity contribution in [3.05, 3.63) is 17.5 Å².